The van der Waals surface area contributed by atoms with Crippen LogP contribution in [0, 0.1) is 0 Å². The van der Waals surface area contributed by atoms with E-state index in [4.69, 9.17) is 10.5 Å². The normalized spacial score (nSPS) is 24.8. The molecule has 1 aromatic heterocycles. The molecule has 3 rings (SSSR count). The van der Waals surface area contributed by atoms with E-state index in [0.29, 0.717) is 19.1 Å². The number of amides is 1. The van der Waals surface area contributed by atoms with Crippen LogP contribution in [0.3, 0.4) is 0 Å². The molecule has 2 saturated heterocycles. The molecule has 1 atom stereocenters. The summed E-state index contributed by atoms with van der Waals surface area (Å²) in [6.45, 7) is 4.81. The van der Waals surface area contributed by atoms with Gasteiger partial charge in [-0.3, -0.25) is 9.69 Å². The third-order valence-corrected chi connectivity index (χ3v) is 3.73. The first-order valence-corrected chi connectivity index (χ1v) is 6.45. The predicted molar refractivity (Wildman–Crippen MR) is 65.4 cm³/mol. The van der Waals surface area contributed by atoms with Gasteiger partial charge < -0.3 is 15.4 Å². The number of nitrogen functional groups attached to an aromatic ring is 1. The molecule has 19 heavy (non-hydrogen) atoms. The van der Waals surface area contributed by atoms with Crippen LogP contribution >= 0.6 is 0 Å². The van der Waals surface area contributed by atoms with Gasteiger partial charge in [0.15, 0.2) is 0 Å². The Bertz CT molecular complexity index is 457. The second-order valence-electron chi connectivity index (χ2n) is 4.84. The first kappa shape index (κ1) is 12.4. The average Bonchev–Trinajstić information content (AvgIpc) is 3.08. The smallest absolute Gasteiger partial charge is 0.280 e. The zero-order chi connectivity index (χ0) is 13.2. The number of nitrogens with zero attached hydrogens (tertiary/aromatic N) is 4. The maximum absolute atomic E-state index is 12.2. The number of anilines is 1. The van der Waals surface area contributed by atoms with Crippen molar-refractivity contribution in [2.24, 2.45) is 0 Å². The molecule has 0 aliphatic carbocycles. The van der Waals surface area contributed by atoms with Gasteiger partial charge in [0.05, 0.1) is 13.2 Å². The van der Waals surface area contributed by atoms with Crippen molar-refractivity contribution in [2.75, 3.05) is 45.1 Å². The minimum atomic E-state index is -0.200. The molecule has 2 aliphatic rings. The van der Waals surface area contributed by atoms with Gasteiger partial charge in [-0.2, -0.15) is 0 Å². The Morgan fingerprint density at radius 3 is 2.74 bits per heavy atom. The van der Waals surface area contributed by atoms with Crippen LogP contribution in [0.1, 0.15) is 16.9 Å². The summed E-state index contributed by atoms with van der Waals surface area (Å²) < 4.78 is 9.81. The molecule has 1 amide bonds. The van der Waals surface area contributed by atoms with Crippen LogP contribution in [0.25, 0.3) is 0 Å². The molecule has 2 fully saturated rings. The van der Waals surface area contributed by atoms with Gasteiger partial charge in [-0.05, 0) is 16.7 Å². The Morgan fingerprint density at radius 2 is 2.05 bits per heavy atom. The van der Waals surface area contributed by atoms with Crippen molar-refractivity contribution in [3.63, 3.8) is 0 Å². The van der Waals surface area contributed by atoms with Gasteiger partial charge in [0.1, 0.15) is 0 Å². The van der Waals surface area contributed by atoms with E-state index < -0.39 is 0 Å². The van der Waals surface area contributed by atoms with Crippen LogP contribution in [0.4, 0.5) is 5.82 Å². The highest BCUT2D eigenvalue weighted by Gasteiger charge is 2.33. The quantitative estimate of drug-likeness (QED) is 0.749. The number of hydrogen-bond donors (Lipinski definition) is 1. The summed E-state index contributed by atoms with van der Waals surface area (Å²) in [5.74, 6) is -0.144. The van der Waals surface area contributed by atoms with Crippen LogP contribution in [0.2, 0.25) is 0 Å². The fourth-order valence-electron chi connectivity index (χ4n) is 2.66. The molecule has 0 spiro atoms. The molecule has 2 aliphatic heterocycles. The molecule has 0 saturated carbocycles. The molecule has 1 aromatic rings. The van der Waals surface area contributed by atoms with Gasteiger partial charge >= 0.3 is 0 Å². The topological polar surface area (TPSA) is 97.7 Å². The number of nitrogens with two attached hydrogens (primary N) is 1. The van der Waals surface area contributed by atoms with Crippen molar-refractivity contribution in [1.29, 1.82) is 0 Å². The molecule has 2 N–H and O–H groups in total. The fraction of sp³-hybridized carbons (Fsp3) is 0.727. The van der Waals surface area contributed by atoms with Crippen LogP contribution in [0.15, 0.2) is 4.63 Å². The van der Waals surface area contributed by atoms with Crippen molar-refractivity contribution in [3.05, 3.63) is 5.69 Å². The first-order chi connectivity index (χ1) is 9.25. The summed E-state index contributed by atoms with van der Waals surface area (Å²) in [6, 6.07) is 0.397. The van der Waals surface area contributed by atoms with E-state index in [2.05, 4.69) is 19.8 Å². The maximum Gasteiger partial charge on any atom is 0.280 e. The minimum Gasteiger partial charge on any atom is -0.379 e. The van der Waals surface area contributed by atoms with E-state index in [1.807, 2.05) is 0 Å². The van der Waals surface area contributed by atoms with Gasteiger partial charge in [0, 0.05) is 32.2 Å². The number of morpholine rings is 1. The second kappa shape index (κ2) is 5.14. The Balaban J connectivity index is 1.62. The summed E-state index contributed by atoms with van der Waals surface area (Å²) in [7, 11) is 0. The predicted octanol–water partition coefficient (Wildman–Crippen LogP) is -0.801. The minimum absolute atomic E-state index is 0.0554. The number of carbonyl (C=O) groups is 1. The molecule has 0 bridgehead atoms. The molecule has 8 heteroatoms. The number of hydrogen-bond acceptors (Lipinski definition) is 7. The third-order valence-electron chi connectivity index (χ3n) is 3.73. The van der Waals surface area contributed by atoms with E-state index in [-0.39, 0.29) is 17.4 Å². The van der Waals surface area contributed by atoms with E-state index in [0.717, 1.165) is 32.7 Å². The Kier molecular flexibility index (Phi) is 3.34. The van der Waals surface area contributed by atoms with Crippen molar-refractivity contribution >= 4 is 11.7 Å². The number of ether oxygens (including phenoxy) is 1. The Labute approximate surface area is 110 Å². The van der Waals surface area contributed by atoms with Gasteiger partial charge in [-0.1, -0.05) is 0 Å². The van der Waals surface area contributed by atoms with E-state index >= 15 is 0 Å². The highest BCUT2D eigenvalue weighted by atomic mass is 16.6. The molecule has 0 aromatic carbocycles. The molecule has 8 nitrogen and oxygen atoms in total. The number of rotatable bonds is 2. The molecule has 3 heterocycles. The SMILES string of the molecule is Nc1nonc1C(=O)N1CCC(N2CCOCC2)C1. The number of aromatic nitrogens is 2. The van der Waals surface area contributed by atoms with Crippen LogP contribution < -0.4 is 5.73 Å². The summed E-state index contributed by atoms with van der Waals surface area (Å²) in [5.41, 5.74) is 5.66. The van der Waals surface area contributed by atoms with Crippen molar-refractivity contribution in [2.45, 2.75) is 12.5 Å². The van der Waals surface area contributed by atoms with E-state index in [1.54, 1.807) is 4.90 Å². The van der Waals surface area contributed by atoms with Gasteiger partial charge in [-0.25, -0.2) is 4.63 Å². The van der Waals surface area contributed by atoms with Crippen molar-refractivity contribution < 1.29 is 14.2 Å². The Morgan fingerprint density at radius 1 is 1.26 bits per heavy atom. The lowest BCUT2D eigenvalue weighted by Crippen LogP contribution is -2.45. The molecular weight excluding hydrogens is 250 g/mol. The maximum atomic E-state index is 12.2. The van der Waals surface area contributed by atoms with Gasteiger partial charge in [-0.15, -0.1) is 0 Å². The highest BCUT2D eigenvalue weighted by Crippen LogP contribution is 2.19. The first-order valence-electron chi connectivity index (χ1n) is 6.45. The van der Waals surface area contributed by atoms with Gasteiger partial charge in [0.25, 0.3) is 5.91 Å². The van der Waals surface area contributed by atoms with Crippen LogP contribution in [-0.2, 0) is 4.74 Å². The molecule has 1 unspecified atom stereocenters. The van der Waals surface area contributed by atoms with Gasteiger partial charge in [0.2, 0.25) is 11.5 Å². The highest BCUT2D eigenvalue weighted by molar-refractivity contribution is 5.96. The lowest BCUT2D eigenvalue weighted by atomic mass is 10.2. The largest absolute Gasteiger partial charge is 0.379 e. The number of carbonyl (C=O) groups excluding carboxylic acids is 1. The summed E-state index contributed by atoms with van der Waals surface area (Å²) in [6.07, 6.45) is 0.969. The number of likely N-dealkylation sites (tertiary alicyclic amines) is 1. The second-order valence-corrected chi connectivity index (χ2v) is 4.84. The summed E-state index contributed by atoms with van der Waals surface area (Å²) >= 11 is 0. The Hall–Kier alpha value is -1.67. The third kappa shape index (κ3) is 2.41. The monoisotopic (exact) mass is 267 g/mol. The van der Waals surface area contributed by atoms with Crippen molar-refractivity contribution in [3.8, 4) is 0 Å². The van der Waals surface area contributed by atoms with Crippen LogP contribution in [0.5, 0.6) is 0 Å². The molecule has 0 radical (unpaired) electrons. The van der Waals surface area contributed by atoms with E-state index in [1.165, 1.54) is 0 Å². The zero-order valence-corrected chi connectivity index (χ0v) is 10.6. The van der Waals surface area contributed by atoms with Crippen LogP contribution in [-0.4, -0.2) is 71.5 Å². The lowest BCUT2D eigenvalue weighted by molar-refractivity contribution is 0.0185. The average molecular weight is 267 g/mol. The molecule has 104 valence electrons. The lowest BCUT2D eigenvalue weighted by Gasteiger charge is -2.31. The van der Waals surface area contributed by atoms with E-state index in [9.17, 15) is 4.79 Å². The molecular formula is C11H17N5O3. The summed E-state index contributed by atoms with van der Waals surface area (Å²) in [4.78, 5) is 16.3. The zero-order valence-electron chi connectivity index (χ0n) is 10.6. The van der Waals surface area contributed by atoms with Crippen molar-refractivity contribution in [1.82, 2.24) is 20.1 Å². The fourth-order valence-corrected chi connectivity index (χ4v) is 2.66. The standard InChI is InChI=1S/C11H17N5O3/c12-10-9(13-19-14-10)11(17)16-2-1-8(7-16)15-3-5-18-6-4-15/h8H,1-7H2,(H2,12,14). The summed E-state index contributed by atoms with van der Waals surface area (Å²) in [5, 5.41) is 7.00.